The number of carbonyl (C=O) groups is 3. The molecule has 4 amide bonds. The summed E-state index contributed by atoms with van der Waals surface area (Å²) in [5, 5.41) is 2.58. The summed E-state index contributed by atoms with van der Waals surface area (Å²) in [7, 11) is 0. The Balaban J connectivity index is 1.47. The van der Waals surface area contributed by atoms with Crippen LogP contribution >= 0.6 is 0 Å². The second-order valence-electron chi connectivity index (χ2n) is 7.27. The number of imide groups is 1. The summed E-state index contributed by atoms with van der Waals surface area (Å²) in [5.74, 6) is 0.622. The summed E-state index contributed by atoms with van der Waals surface area (Å²) in [4.78, 5) is 44.0. The van der Waals surface area contributed by atoms with Crippen molar-refractivity contribution < 1.29 is 18.8 Å². The summed E-state index contributed by atoms with van der Waals surface area (Å²) in [5.41, 5.74) is 0.612. The predicted molar refractivity (Wildman–Crippen MR) is 95.4 cm³/mol. The number of hydrogen-bond donors (Lipinski definition) is 1. The Bertz CT molecular complexity index is 919. The number of urea groups is 1. The maximum atomic E-state index is 12.6. The zero-order valence-corrected chi connectivity index (χ0v) is 15.2. The maximum absolute atomic E-state index is 12.6. The summed E-state index contributed by atoms with van der Waals surface area (Å²) in [6.07, 6.45) is 0.548. The van der Waals surface area contributed by atoms with Crippen molar-refractivity contribution in [3.05, 3.63) is 41.8 Å². The molecule has 0 radical (unpaired) electrons. The summed E-state index contributed by atoms with van der Waals surface area (Å²) in [6, 6.07) is 9.04. The SMILES string of the molecule is CC1(C)NC(=O)N(CC(=O)N2CCc3oc(-c4ccccc4)nc3C2)C1=O. The van der Waals surface area contributed by atoms with Crippen LogP contribution < -0.4 is 5.32 Å². The van der Waals surface area contributed by atoms with Crippen LogP contribution in [0.5, 0.6) is 0 Å². The molecule has 1 aromatic carbocycles. The van der Waals surface area contributed by atoms with Crippen molar-refractivity contribution in [2.75, 3.05) is 13.1 Å². The standard InChI is InChI=1S/C19H20N4O4/c1-19(2)17(25)23(18(26)21-19)11-15(24)22-9-8-14-13(10-22)20-16(27-14)12-6-4-3-5-7-12/h3-7H,8-11H2,1-2H3,(H,21,26). The molecule has 3 heterocycles. The first kappa shape index (κ1) is 17.3. The van der Waals surface area contributed by atoms with Gasteiger partial charge in [0.25, 0.3) is 5.91 Å². The second-order valence-corrected chi connectivity index (χ2v) is 7.27. The molecule has 2 aliphatic rings. The molecule has 2 aliphatic heterocycles. The first-order valence-corrected chi connectivity index (χ1v) is 8.81. The van der Waals surface area contributed by atoms with E-state index in [0.717, 1.165) is 16.2 Å². The van der Waals surface area contributed by atoms with Crippen molar-refractivity contribution in [3.63, 3.8) is 0 Å². The summed E-state index contributed by atoms with van der Waals surface area (Å²) in [6.45, 7) is 3.73. The number of benzene rings is 1. The number of amides is 4. The predicted octanol–water partition coefficient (Wildman–Crippen LogP) is 1.56. The molecule has 1 fully saturated rings. The summed E-state index contributed by atoms with van der Waals surface area (Å²) >= 11 is 0. The van der Waals surface area contributed by atoms with Gasteiger partial charge >= 0.3 is 6.03 Å². The average molecular weight is 368 g/mol. The number of hydrogen-bond acceptors (Lipinski definition) is 5. The lowest BCUT2D eigenvalue weighted by Gasteiger charge is -2.27. The molecule has 8 heteroatoms. The average Bonchev–Trinajstić information content (AvgIpc) is 3.16. The van der Waals surface area contributed by atoms with E-state index in [1.165, 1.54) is 0 Å². The number of nitrogens with one attached hydrogen (secondary N) is 1. The van der Waals surface area contributed by atoms with Crippen LogP contribution in [-0.4, -0.2) is 51.3 Å². The quantitative estimate of drug-likeness (QED) is 0.830. The van der Waals surface area contributed by atoms with Crippen molar-refractivity contribution in [2.24, 2.45) is 0 Å². The zero-order chi connectivity index (χ0) is 19.2. The Morgan fingerprint density at radius 3 is 2.67 bits per heavy atom. The highest BCUT2D eigenvalue weighted by atomic mass is 16.4. The Morgan fingerprint density at radius 1 is 1.26 bits per heavy atom. The van der Waals surface area contributed by atoms with Crippen LogP contribution in [0.25, 0.3) is 11.5 Å². The fourth-order valence-corrected chi connectivity index (χ4v) is 3.31. The van der Waals surface area contributed by atoms with Gasteiger partial charge in [0.1, 0.15) is 23.5 Å². The fraction of sp³-hybridized carbons (Fsp3) is 0.368. The van der Waals surface area contributed by atoms with Gasteiger partial charge in [-0.2, -0.15) is 0 Å². The van der Waals surface area contributed by atoms with Crippen LogP contribution in [-0.2, 0) is 22.6 Å². The third-order valence-corrected chi connectivity index (χ3v) is 4.84. The third kappa shape index (κ3) is 3.07. The molecule has 27 heavy (non-hydrogen) atoms. The van der Waals surface area contributed by atoms with E-state index in [2.05, 4.69) is 10.3 Å². The molecule has 0 unspecified atom stereocenters. The van der Waals surface area contributed by atoms with Gasteiger partial charge in [-0.3, -0.25) is 14.5 Å². The largest absolute Gasteiger partial charge is 0.441 e. The molecule has 1 aromatic heterocycles. The van der Waals surface area contributed by atoms with Gasteiger partial charge in [0.05, 0.1) is 6.54 Å². The van der Waals surface area contributed by atoms with E-state index < -0.39 is 17.5 Å². The van der Waals surface area contributed by atoms with Gasteiger partial charge in [-0.1, -0.05) is 18.2 Å². The lowest BCUT2D eigenvalue weighted by Crippen LogP contribution is -2.45. The topological polar surface area (TPSA) is 95.8 Å². The van der Waals surface area contributed by atoms with Crippen molar-refractivity contribution in [1.82, 2.24) is 20.1 Å². The first-order chi connectivity index (χ1) is 12.8. The van der Waals surface area contributed by atoms with Crippen LogP contribution in [0.3, 0.4) is 0 Å². The Kier molecular flexibility index (Phi) is 3.98. The number of rotatable bonds is 3. The molecule has 1 saturated heterocycles. The van der Waals surface area contributed by atoms with E-state index in [0.29, 0.717) is 31.1 Å². The van der Waals surface area contributed by atoms with Gasteiger partial charge in [-0.05, 0) is 26.0 Å². The Hall–Kier alpha value is -3.16. The van der Waals surface area contributed by atoms with E-state index in [4.69, 9.17) is 4.42 Å². The molecular formula is C19H20N4O4. The second kappa shape index (κ2) is 6.22. The van der Waals surface area contributed by atoms with Crippen LogP contribution in [0.1, 0.15) is 25.3 Å². The molecule has 2 aromatic rings. The van der Waals surface area contributed by atoms with Crippen LogP contribution in [0.15, 0.2) is 34.7 Å². The van der Waals surface area contributed by atoms with Gasteiger partial charge < -0.3 is 14.6 Å². The molecule has 0 bridgehead atoms. The minimum atomic E-state index is -0.983. The van der Waals surface area contributed by atoms with Crippen molar-refractivity contribution in [2.45, 2.75) is 32.4 Å². The maximum Gasteiger partial charge on any atom is 0.325 e. The molecule has 4 rings (SSSR count). The van der Waals surface area contributed by atoms with Crippen LogP contribution in [0, 0.1) is 0 Å². The molecular weight excluding hydrogens is 348 g/mol. The van der Waals surface area contributed by atoms with Gasteiger partial charge in [-0.25, -0.2) is 9.78 Å². The molecule has 1 N–H and O–H groups in total. The van der Waals surface area contributed by atoms with Gasteiger partial charge in [-0.15, -0.1) is 0 Å². The Labute approximate surface area is 156 Å². The van der Waals surface area contributed by atoms with Gasteiger partial charge in [0.2, 0.25) is 11.8 Å². The third-order valence-electron chi connectivity index (χ3n) is 4.84. The number of oxazole rings is 1. The highest BCUT2D eigenvalue weighted by molar-refractivity contribution is 6.08. The van der Waals surface area contributed by atoms with Crippen molar-refractivity contribution in [3.8, 4) is 11.5 Å². The fourth-order valence-electron chi connectivity index (χ4n) is 3.31. The smallest absolute Gasteiger partial charge is 0.325 e. The minimum Gasteiger partial charge on any atom is -0.441 e. The van der Waals surface area contributed by atoms with E-state index in [9.17, 15) is 14.4 Å². The van der Waals surface area contributed by atoms with E-state index >= 15 is 0 Å². The minimum absolute atomic E-state index is 0.271. The number of nitrogens with zero attached hydrogens (tertiary/aromatic N) is 3. The molecule has 0 aliphatic carbocycles. The lowest BCUT2D eigenvalue weighted by atomic mass is 10.1. The molecule has 0 atom stereocenters. The molecule has 140 valence electrons. The monoisotopic (exact) mass is 368 g/mol. The van der Waals surface area contributed by atoms with Crippen LogP contribution in [0.4, 0.5) is 4.79 Å². The summed E-state index contributed by atoms with van der Waals surface area (Å²) < 4.78 is 5.84. The van der Waals surface area contributed by atoms with Crippen LogP contribution in [0.2, 0.25) is 0 Å². The lowest BCUT2D eigenvalue weighted by molar-refractivity contribution is -0.139. The zero-order valence-electron chi connectivity index (χ0n) is 15.2. The van der Waals surface area contributed by atoms with Crippen molar-refractivity contribution in [1.29, 1.82) is 0 Å². The molecule has 0 saturated carbocycles. The molecule has 0 spiro atoms. The number of carbonyl (C=O) groups excluding carboxylic acids is 3. The number of fused-ring (bicyclic) bond motifs is 1. The van der Waals surface area contributed by atoms with E-state index in [1.54, 1.807) is 18.7 Å². The van der Waals surface area contributed by atoms with Gasteiger partial charge in [0.15, 0.2) is 0 Å². The van der Waals surface area contributed by atoms with Gasteiger partial charge in [0, 0.05) is 18.5 Å². The van der Waals surface area contributed by atoms with E-state index in [1.807, 2.05) is 30.3 Å². The highest BCUT2D eigenvalue weighted by Gasteiger charge is 2.45. The van der Waals surface area contributed by atoms with Crippen molar-refractivity contribution >= 4 is 17.8 Å². The first-order valence-electron chi connectivity index (χ1n) is 8.81. The molecule has 8 nitrogen and oxygen atoms in total. The van der Waals surface area contributed by atoms with E-state index in [-0.39, 0.29) is 12.5 Å². The highest BCUT2D eigenvalue weighted by Crippen LogP contribution is 2.26. The normalized spacial score (nSPS) is 18.4. The Morgan fingerprint density at radius 2 is 2.00 bits per heavy atom. The number of aromatic nitrogens is 1.